The van der Waals surface area contributed by atoms with Gasteiger partial charge in [0.25, 0.3) is 0 Å². The van der Waals surface area contributed by atoms with E-state index >= 15 is 0 Å². The highest BCUT2D eigenvalue weighted by molar-refractivity contribution is 7.84. The molecule has 0 radical (unpaired) electrons. The molecule has 0 fully saturated rings. The number of para-hydroxylation sites is 1. The van der Waals surface area contributed by atoms with Crippen LogP contribution in [-0.4, -0.2) is 15.5 Å². The van der Waals surface area contributed by atoms with E-state index in [-0.39, 0.29) is 17.0 Å². The van der Waals surface area contributed by atoms with Crippen molar-refractivity contribution in [1.29, 1.82) is 0 Å². The largest absolute Gasteiger partial charge is 0.507 e. The Balaban J connectivity index is 1.77. The highest BCUT2D eigenvalue weighted by Gasteiger charge is 2.29. The number of hydrogen-bond acceptors (Lipinski definition) is 3. The zero-order valence-corrected chi connectivity index (χ0v) is 18.4. The summed E-state index contributed by atoms with van der Waals surface area (Å²) in [6.07, 6.45) is 1.68. The second kappa shape index (κ2) is 10.7. The molecular weight excluding hydrogens is 414 g/mol. The lowest BCUT2D eigenvalue weighted by Gasteiger charge is -2.25. The topological polar surface area (TPSA) is 49.7 Å². The van der Waals surface area contributed by atoms with Gasteiger partial charge in [-0.1, -0.05) is 103 Å². The summed E-state index contributed by atoms with van der Waals surface area (Å²) < 4.78 is 13.8. The van der Waals surface area contributed by atoms with Crippen molar-refractivity contribution in [3.63, 3.8) is 0 Å². The summed E-state index contributed by atoms with van der Waals surface area (Å²) in [6.45, 7) is 0. The van der Waals surface area contributed by atoms with Gasteiger partial charge in [0, 0.05) is 28.3 Å². The van der Waals surface area contributed by atoms with Crippen molar-refractivity contribution in [2.24, 2.45) is 4.99 Å². The van der Waals surface area contributed by atoms with Crippen molar-refractivity contribution in [2.45, 2.75) is 17.0 Å². The van der Waals surface area contributed by atoms with Gasteiger partial charge in [0.1, 0.15) is 5.75 Å². The van der Waals surface area contributed by atoms with Gasteiger partial charge in [-0.15, -0.1) is 0 Å². The molecule has 0 aliphatic carbocycles. The Morgan fingerprint density at radius 1 is 0.719 bits per heavy atom. The molecule has 0 saturated heterocycles. The molecule has 0 aliphatic rings. The van der Waals surface area contributed by atoms with Crippen molar-refractivity contribution in [3.05, 3.63) is 138 Å². The number of rotatable bonds is 8. The van der Waals surface area contributed by atoms with Crippen LogP contribution < -0.4 is 0 Å². The number of hydrogen-bond donors (Lipinski definition) is 1. The fourth-order valence-corrected chi connectivity index (χ4v) is 5.37. The van der Waals surface area contributed by atoms with E-state index in [0.29, 0.717) is 11.3 Å². The summed E-state index contributed by atoms with van der Waals surface area (Å²) in [5.41, 5.74) is 3.62. The Morgan fingerprint density at radius 2 is 1.25 bits per heavy atom. The molecule has 4 aromatic rings. The molecule has 4 heteroatoms. The fraction of sp³-hybridized carbons (Fsp3) is 0.107. The number of phenols is 1. The van der Waals surface area contributed by atoms with E-state index < -0.39 is 10.8 Å². The van der Waals surface area contributed by atoms with Gasteiger partial charge in [0.05, 0.1) is 11.3 Å². The van der Waals surface area contributed by atoms with Gasteiger partial charge in [0.2, 0.25) is 0 Å². The summed E-state index contributed by atoms with van der Waals surface area (Å²) in [7, 11) is -1.23. The quantitative estimate of drug-likeness (QED) is 0.330. The lowest BCUT2D eigenvalue weighted by molar-refractivity contribution is 0.474. The molecule has 0 bridgehead atoms. The van der Waals surface area contributed by atoms with Gasteiger partial charge in [-0.25, -0.2) is 0 Å². The summed E-state index contributed by atoms with van der Waals surface area (Å²) in [5.74, 6) is 0.611. The molecule has 1 unspecified atom stereocenters. The number of nitrogens with zero attached hydrogens (tertiary/aromatic N) is 1. The first-order valence-corrected chi connectivity index (χ1v) is 11.9. The van der Waals surface area contributed by atoms with Crippen LogP contribution in [0, 0.1) is 0 Å². The first-order valence-electron chi connectivity index (χ1n) is 10.5. The van der Waals surface area contributed by atoms with Crippen LogP contribution >= 0.6 is 0 Å². The van der Waals surface area contributed by atoms with Crippen LogP contribution in [0.25, 0.3) is 0 Å². The summed E-state index contributed by atoms with van der Waals surface area (Å²) >= 11 is 0. The molecule has 0 aromatic heterocycles. The number of phenolic OH excluding ortho intramolecular Hbond substituents is 1. The van der Waals surface area contributed by atoms with Crippen LogP contribution in [0.2, 0.25) is 0 Å². The summed E-state index contributed by atoms with van der Waals surface area (Å²) in [4.78, 5) is 4.89. The molecule has 0 aliphatic heterocycles. The molecule has 32 heavy (non-hydrogen) atoms. The molecule has 160 valence electrons. The van der Waals surface area contributed by atoms with Gasteiger partial charge in [0.15, 0.2) is 0 Å². The molecule has 1 N–H and O–H groups in total. The van der Waals surface area contributed by atoms with E-state index in [1.807, 2.05) is 103 Å². The second-order valence-electron chi connectivity index (χ2n) is 7.53. The highest BCUT2D eigenvalue weighted by atomic mass is 32.2. The van der Waals surface area contributed by atoms with E-state index in [4.69, 9.17) is 4.99 Å². The Labute approximate surface area is 191 Å². The van der Waals surface area contributed by atoms with Gasteiger partial charge < -0.3 is 5.11 Å². The average molecular weight is 440 g/mol. The maximum absolute atomic E-state index is 13.8. The van der Waals surface area contributed by atoms with Crippen LogP contribution in [-0.2, 0) is 16.6 Å². The van der Waals surface area contributed by atoms with Crippen LogP contribution in [0.5, 0.6) is 5.75 Å². The van der Waals surface area contributed by atoms with Crippen LogP contribution in [0.1, 0.15) is 33.5 Å². The minimum Gasteiger partial charge on any atom is -0.507 e. The van der Waals surface area contributed by atoms with E-state index in [0.717, 1.165) is 16.7 Å². The van der Waals surface area contributed by atoms with Crippen LogP contribution in [0.15, 0.2) is 120 Å². The lowest BCUT2D eigenvalue weighted by atomic mass is 9.98. The maximum Gasteiger partial charge on any atom is 0.124 e. The number of aliphatic imine (C=N–C) groups is 1. The average Bonchev–Trinajstić information content (AvgIpc) is 2.84. The third kappa shape index (κ3) is 5.40. The van der Waals surface area contributed by atoms with E-state index in [1.54, 1.807) is 18.3 Å². The van der Waals surface area contributed by atoms with Gasteiger partial charge in [-0.2, -0.15) is 0 Å². The van der Waals surface area contributed by atoms with Crippen LogP contribution in [0.4, 0.5) is 0 Å². The van der Waals surface area contributed by atoms with Gasteiger partial charge in [-0.3, -0.25) is 9.20 Å². The molecule has 0 saturated carbocycles. The Kier molecular flexibility index (Phi) is 7.26. The first kappa shape index (κ1) is 21.7. The normalized spacial score (nSPS) is 14.1. The van der Waals surface area contributed by atoms with Crippen molar-refractivity contribution < 1.29 is 9.32 Å². The number of benzene rings is 4. The van der Waals surface area contributed by atoms with E-state index in [2.05, 4.69) is 0 Å². The van der Waals surface area contributed by atoms with Crippen LogP contribution in [0.3, 0.4) is 0 Å². The van der Waals surface area contributed by atoms with E-state index in [1.165, 1.54) is 0 Å². The predicted octanol–water partition coefficient (Wildman–Crippen LogP) is 6.24. The van der Waals surface area contributed by atoms with Gasteiger partial charge >= 0.3 is 0 Å². The zero-order valence-electron chi connectivity index (χ0n) is 17.6. The standard InChI is InChI=1S/C28H25NO2S/c30-26-19-11-10-18-25(26)20-29-27(23-14-6-2-7-15-23)28(24-16-8-3-9-17-24)32(31)21-22-12-4-1-5-13-22/h1-20,27-28,30H,21H2/t27-,28+,32?/m0/s1. The third-order valence-corrected chi connectivity index (χ3v) is 7.02. The second-order valence-corrected chi connectivity index (χ2v) is 9.09. The molecular formula is C28H25NO2S. The Morgan fingerprint density at radius 3 is 1.88 bits per heavy atom. The van der Waals surface area contributed by atoms with E-state index in [9.17, 15) is 9.32 Å². The zero-order chi connectivity index (χ0) is 22.2. The maximum atomic E-state index is 13.8. The molecule has 3 atom stereocenters. The lowest BCUT2D eigenvalue weighted by Crippen LogP contribution is -2.17. The minimum atomic E-state index is -1.23. The Hall–Kier alpha value is -3.50. The third-order valence-electron chi connectivity index (χ3n) is 5.30. The molecule has 4 rings (SSSR count). The Bertz CT molecular complexity index is 1180. The smallest absolute Gasteiger partial charge is 0.124 e. The summed E-state index contributed by atoms with van der Waals surface area (Å²) in [6, 6.07) is 36.5. The molecule has 0 amide bonds. The minimum absolute atomic E-state index is 0.171. The monoisotopic (exact) mass is 439 g/mol. The van der Waals surface area contributed by atoms with Crippen molar-refractivity contribution in [3.8, 4) is 5.75 Å². The molecule has 0 spiro atoms. The van der Waals surface area contributed by atoms with Gasteiger partial charge in [-0.05, 0) is 28.8 Å². The molecule has 0 heterocycles. The van der Waals surface area contributed by atoms with Crippen molar-refractivity contribution in [1.82, 2.24) is 0 Å². The number of aromatic hydroxyl groups is 1. The summed E-state index contributed by atoms with van der Waals surface area (Å²) in [5, 5.41) is 9.86. The SMILES string of the molecule is O=S(Cc1ccccc1)[C@H](c1ccccc1)[C@@H](N=Cc1ccccc1O)c1ccccc1. The fourth-order valence-electron chi connectivity index (χ4n) is 3.70. The molecule has 3 nitrogen and oxygen atoms in total. The van der Waals surface area contributed by atoms with Crippen molar-refractivity contribution >= 4 is 17.0 Å². The predicted molar refractivity (Wildman–Crippen MR) is 132 cm³/mol. The first-order chi connectivity index (χ1) is 15.7. The highest BCUT2D eigenvalue weighted by Crippen LogP contribution is 2.38. The van der Waals surface area contributed by atoms with Crippen molar-refractivity contribution in [2.75, 3.05) is 0 Å². The molecule has 4 aromatic carbocycles.